The summed E-state index contributed by atoms with van der Waals surface area (Å²) in [5, 5.41) is 10.8. The number of benzene rings is 2. The minimum Gasteiger partial charge on any atom is -0.480 e. The van der Waals surface area contributed by atoms with E-state index in [0.29, 0.717) is 25.8 Å². The highest BCUT2D eigenvalue weighted by molar-refractivity contribution is 5.76. The molecule has 6 N–H and O–H groups in total. The molecule has 0 bridgehead atoms. The Balaban J connectivity index is 0.000000422. The van der Waals surface area contributed by atoms with Gasteiger partial charge in [0.25, 0.3) is 0 Å². The number of amides is 1. The van der Waals surface area contributed by atoms with Crippen molar-refractivity contribution in [3.8, 4) is 0 Å². The van der Waals surface area contributed by atoms with Crippen molar-refractivity contribution in [3.63, 3.8) is 0 Å². The Kier molecular flexibility index (Phi) is 14.9. The molecule has 37 heavy (non-hydrogen) atoms. The van der Waals surface area contributed by atoms with E-state index in [4.69, 9.17) is 16.6 Å². The number of carbonyl (C=O) groups excluding carboxylic acids is 2. The molecule has 2 aromatic carbocycles. The molecule has 198 valence electrons. The van der Waals surface area contributed by atoms with Crippen molar-refractivity contribution in [2.45, 2.75) is 38.8 Å². The molecule has 2 aromatic rings. The van der Waals surface area contributed by atoms with Crippen LogP contribution in [0.5, 0.6) is 0 Å². The van der Waals surface area contributed by atoms with Crippen LogP contribution in [-0.2, 0) is 27.3 Å². The van der Waals surface area contributed by atoms with Crippen LogP contribution >= 0.6 is 0 Å². The lowest BCUT2D eigenvalue weighted by molar-refractivity contribution is -0.140. The lowest BCUT2D eigenvalue weighted by Gasteiger charge is -2.17. The Hall–Kier alpha value is -4.40. The van der Waals surface area contributed by atoms with E-state index in [1.165, 1.54) is 16.7 Å². The Morgan fingerprint density at radius 1 is 1.08 bits per heavy atom. The first-order chi connectivity index (χ1) is 17.8. The number of aliphatic carboxylic acids is 1. The standard InChI is InChI=1S/C21H23NO.C7H14N4O3/c1-18(17-23)9-8-14-22(2)16-21-13-7-6-12-20(21)15-19-10-4-3-5-11-19;8-7(9)10-3-1-2-5(6(13)14)11-4-12/h3-14,17H,15-16H2,1-2H3;4-5H,1-3H2,(H,11,12)(H,13,14)(H4,8,9,10)/b14-8-,18-9-;. The molecule has 0 spiro atoms. The Morgan fingerprint density at radius 3 is 2.32 bits per heavy atom. The zero-order chi connectivity index (χ0) is 27.5. The average Bonchev–Trinajstić information content (AvgIpc) is 2.87. The second-order valence-electron chi connectivity index (χ2n) is 8.34. The largest absolute Gasteiger partial charge is 0.480 e. The van der Waals surface area contributed by atoms with Gasteiger partial charge in [0.2, 0.25) is 6.41 Å². The van der Waals surface area contributed by atoms with Gasteiger partial charge in [-0.1, -0.05) is 60.7 Å². The van der Waals surface area contributed by atoms with Gasteiger partial charge in [0.1, 0.15) is 12.3 Å². The summed E-state index contributed by atoms with van der Waals surface area (Å²) in [6.45, 7) is 2.99. The fraction of sp³-hybridized carbons (Fsp3) is 0.286. The van der Waals surface area contributed by atoms with Gasteiger partial charge >= 0.3 is 5.97 Å². The van der Waals surface area contributed by atoms with E-state index >= 15 is 0 Å². The normalized spacial score (nSPS) is 11.6. The number of nitrogens with zero attached hydrogens (tertiary/aromatic N) is 2. The maximum absolute atomic E-state index is 10.6. The van der Waals surface area contributed by atoms with Gasteiger partial charge in [-0.3, -0.25) is 14.6 Å². The molecule has 0 radical (unpaired) electrons. The van der Waals surface area contributed by atoms with E-state index in [-0.39, 0.29) is 5.96 Å². The van der Waals surface area contributed by atoms with Crippen LogP contribution < -0.4 is 16.8 Å². The van der Waals surface area contributed by atoms with E-state index < -0.39 is 12.0 Å². The van der Waals surface area contributed by atoms with Crippen molar-refractivity contribution in [1.82, 2.24) is 10.2 Å². The van der Waals surface area contributed by atoms with E-state index in [1.54, 1.807) is 6.92 Å². The van der Waals surface area contributed by atoms with Gasteiger partial charge in [0.15, 0.2) is 5.96 Å². The third-order valence-electron chi connectivity index (χ3n) is 5.17. The number of rotatable bonds is 14. The highest BCUT2D eigenvalue weighted by Gasteiger charge is 2.14. The Bertz CT molecular complexity index is 1060. The minimum atomic E-state index is -1.07. The maximum atomic E-state index is 10.6. The maximum Gasteiger partial charge on any atom is 0.326 e. The summed E-state index contributed by atoms with van der Waals surface area (Å²) in [5.74, 6) is -1.10. The zero-order valence-corrected chi connectivity index (χ0v) is 21.4. The molecule has 0 heterocycles. The zero-order valence-electron chi connectivity index (χ0n) is 21.4. The van der Waals surface area contributed by atoms with Crippen molar-refractivity contribution in [3.05, 3.63) is 95.2 Å². The van der Waals surface area contributed by atoms with Gasteiger partial charge in [0.05, 0.1) is 0 Å². The van der Waals surface area contributed by atoms with Gasteiger partial charge in [0, 0.05) is 20.1 Å². The molecule has 9 heteroatoms. The van der Waals surface area contributed by atoms with Crippen LogP contribution in [0.25, 0.3) is 0 Å². The number of carboxylic acids is 1. The summed E-state index contributed by atoms with van der Waals surface area (Å²) in [6, 6.07) is 18.2. The third-order valence-corrected chi connectivity index (χ3v) is 5.17. The van der Waals surface area contributed by atoms with Gasteiger partial charge in [-0.15, -0.1) is 0 Å². The first kappa shape index (κ1) is 30.6. The number of aliphatic imine (C=N–C) groups is 1. The van der Waals surface area contributed by atoms with Crippen molar-refractivity contribution >= 4 is 24.6 Å². The third kappa shape index (κ3) is 13.9. The molecule has 1 unspecified atom stereocenters. The van der Waals surface area contributed by atoms with Gasteiger partial charge in [-0.05, 0) is 60.7 Å². The number of nitrogens with two attached hydrogens (primary N) is 2. The molecule has 0 aliphatic rings. The summed E-state index contributed by atoms with van der Waals surface area (Å²) in [7, 11) is 2.04. The number of aldehydes is 1. The van der Waals surface area contributed by atoms with Crippen LogP contribution in [0.1, 0.15) is 36.5 Å². The smallest absolute Gasteiger partial charge is 0.326 e. The summed E-state index contributed by atoms with van der Waals surface area (Å²) < 4.78 is 0. The molecule has 1 atom stereocenters. The number of guanidine groups is 1. The summed E-state index contributed by atoms with van der Waals surface area (Å²) in [4.78, 5) is 36.9. The lowest BCUT2D eigenvalue weighted by Crippen LogP contribution is -2.35. The molecule has 0 aromatic heterocycles. The molecule has 2 rings (SSSR count). The fourth-order valence-electron chi connectivity index (χ4n) is 3.27. The molecule has 1 amide bonds. The summed E-state index contributed by atoms with van der Waals surface area (Å²) in [5.41, 5.74) is 14.8. The fourth-order valence-corrected chi connectivity index (χ4v) is 3.27. The van der Waals surface area contributed by atoms with E-state index in [1.807, 2.05) is 31.5 Å². The Labute approximate surface area is 218 Å². The second kappa shape index (κ2) is 18.0. The number of hydrogen-bond donors (Lipinski definition) is 4. The molecule has 0 aliphatic heterocycles. The van der Waals surface area contributed by atoms with Crippen LogP contribution in [0.2, 0.25) is 0 Å². The summed E-state index contributed by atoms with van der Waals surface area (Å²) in [6.07, 6.45) is 8.67. The SMILES string of the molecule is C/C(C=O)=C/C=C\N(C)Cc1ccccc1Cc1ccccc1.NC(N)=NCCCC(NC=O)C(=O)O. The number of hydrogen-bond acceptors (Lipinski definition) is 5. The molecule has 0 saturated heterocycles. The Morgan fingerprint density at radius 2 is 1.73 bits per heavy atom. The van der Waals surface area contributed by atoms with Gasteiger partial charge < -0.3 is 26.8 Å². The monoisotopic (exact) mass is 507 g/mol. The average molecular weight is 508 g/mol. The molecule has 0 fully saturated rings. The van der Waals surface area contributed by atoms with Crippen molar-refractivity contribution in [2.24, 2.45) is 16.5 Å². The van der Waals surface area contributed by atoms with Gasteiger partial charge in [-0.25, -0.2) is 4.79 Å². The van der Waals surface area contributed by atoms with Crippen molar-refractivity contribution < 1.29 is 19.5 Å². The highest BCUT2D eigenvalue weighted by atomic mass is 16.4. The van der Waals surface area contributed by atoms with E-state index in [9.17, 15) is 14.4 Å². The van der Waals surface area contributed by atoms with Crippen LogP contribution in [0.15, 0.2) is 83.5 Å². The minimum absolute atomic E-state index is 0.0276. The van der Waals surface area contributed by atoms with E-state index in [0.717, 1.165) is 24.8 Å². The summed E-state index contributed by atoms with van der Waals surface area (Å²) >= 11 is 0. The predicted octanol–water partition coefficient (Wildman–Crippen LogP) is 2.61. The quantitative estimate of drug-likeness (QED) is 0.0766. The molecular weight excluding hydrogens is 470 g/mol. The predicted molar refractivity (Wildman–Crippen MR) is 147 cm³/mol. The van der Waals surface area contributed by atoms with E-state index in [2.05, 4.69) is 63.7 Å². The van der Waals surface area contributed by atoms with Crippen LogP contribution in [-0.4, -0.2) is 54.3 Å². The van der Waals surface area contributed by atoms with Crippen molar-refractivity contribution in [1.29, 1.82) is 0 Å². The molecule has 9 nitrogen and oxygen atoms in total. The lowest BCUT2D eigenvalue weighted by atomic mass is 9.99. The second-order valence-corrected chi connectivity index (χ2v) is 8.34. The van der Waals surface area contributed by atoms with Crippen LogP contribution in [0, 0.1) is 0 Å². The van der Waals surface area contributed by atoms with Crippen LogP contribution in [0.4, 0.5) is 0 Å². The number of nitrogens with one attached hydrogen (secondary N) is 1. The topological polar surface area (TPSA) is 151 Å². The molecular formula is C28H37N5O4. The van der Waals surface area contributed by atoms with Crippen molar-refractivity contribution in [2.75, 3.05) is 13.6 Å². The number of carbonyl (C=O) groups is 3. The number of carboxylic acid groups (broad SMARTS) is 1. The highest BCUT2D eigenvalue weighted by Crippen LogP contribution is 2.16. The van der Waals surface area contributed by atoms with Crippen LogP contribution in [0.3, 0.4) is 0 Å². The van der Waals surface area contributed by atoms with Gasteiger partial charge in [-0.2, -0.15) is 0 Å². The first-order valence-corrected chi connectivity index (χ1v) is 11.9. The first-order valence-electron chi connectivity index (χ1n) is 11.9. The molecule has 0 saturated carbocycles. The molecule has 0 aliphatic carbocycles. The number of allylic oxidation sites excluding steroid dienone is 3.